The van der Waals surface area contributed by atoms with Crippen molar-refractivity contribution in [2.75, 3.05) is 7.11 Å². The Bertz CT molecular complexity index is 804. The average Bonchev–Trinajstić information content (AvgIpc) is 3.37. The molecule has 0 atom stereocenters. The van der Waals surface area contributed by atoms with Crippen LogP contribution in [0.5, 0.6) is 5.88 Å². The number of hydrogen-bond donors (Lipinski definition) is 0. The molecule has 3 heterocycles. The SMILES string of the molecule is COc1ccc(-c2cn(Cc3noc(C4CCCC4)n3)nn2)cn1. The summed E-state index contributed by atoms with van der Waals surface area (Å²) in [6.45, 7) is 0.437. The number of aromatic nitrogens is 6. The van der Waals surface area contributed by atoms with Crippen LogP contribution in [-0.2, 0) is 6.54 Å². The largest absolute Gasteiger partial charge is 0.481 e. The summed E-state index contributed by atoms with van der Waals surface area (Å²) in [4.78, 5) is 8.67. The first-order valence-corrected chi connectivity index (χ1v) is 8.05. The first-order valence-electron chi connectivity index (χ1n) is 8.05. The van der Waals surface area contributed by atoms with E-state index in [0.29, 0.717) is 24.2 Å². The van der Waals surface area contributed by atoms with Crippen LogP contribution in [-0.4, -0.2) is 37.2 Å². The summed E-state index contributed by atoms with van der Waals surface area (Å²) >= 11 is 0. The Morgan fingerprint density at radius 2 is 2.17 bits per heavy atom. The van der Waals surface area contributed by atoms with E-state index in [9.17, 15) is 0 Å². The van der Waals surface area contributed by atoms with Gasteiger partial charge in [0.1, 0.15) is 12.2 Å². The lowest BCUT2D eigenvalue weighted by Gasteiger charge is -1.99. The monoisotopic (exact) mass is 326 g/mol. The van der Waals surface area contributed by atoms with Gasteiger partial charge in [-0.3, -0.25) is 0 Å². The standard InChI is InChI=1S/C16H18N6O2/c1-23-15-7-6-12(8-17-15)13-9-22(21-19-13)10-14-18-16(24-20-14)11-4-2-3-5-11/h6-9,11H,2-5,10H2,1H3. The second-order valence-electron chi connectivity index (χ2n) is 5.92. The maximum absolute atomic E-state index is 5.39. The van der Waals surface area contributed by atoms with E-state index in [2.05, 4.69) is 25.4 Å². The normalized spacial score (nSPS) is 15.0. The third-order valence-corrected chi connectivity index (χ3v) is 4.27. The van der Waals surface area contributed by atoms with E-state index in [4.69, 9.17) is 9.26 Å². The van der Waals surface area contributed by atoms with Crippen molar-refractivity contribution in [3.63, 3.8) is 0 Å². The van der Waals surface area contributed by atoms with Gasteiger partial charge in [-0.2, -0.15) is 4.98 Å². The van der Waals surface area contributed by atoms with Gasteiger partial charge in [-0.1, -0.05) is 23.2 Å². The van der Waals surface area contributed by atoms with Crippen LogP contribution in [0.2, 0.25) is 0 Å². The van der Waals surface area contributed by atoms with Gasteiger partial charge < -0.3 is 9.26 Å². The predicted molar refractivity (Wildman–Crippen MR) is 84.4 cm³/mol. The molecule has 1 aliphatic carbocycles. The molecule has 0 aliphatic heterocycles. The van der Waals surface area contributed by atoms with Crippen LogP contribution in [0.15, 0.2) is 29.0 Å². The van der Waals surface area contributed by atoms with E-state index in [1.807, 2.05) is 12.3 Å². The van der Waals surface area contributed by atoms with E-state index in [0.717, 1.165) is 30.0 Å². The van der Waals surface area contributed by atoms with Crippen molar-refractivity contribution in [3.8, 4) is 17.1 Å². The highest BCUT2D eigenvalue weighted by molar-refractivity contribution is 5.56. The molecule has 0 spiro atoms. The van der Waals surface area contributed by atoms with Crippen LogP contribution < -0.4 is 4.74 Å². The van der Waals surface area contributed by atoms with Crippen LogP contribution in [0.4, 0.5) is 0 Å². The van der Waals surface area contributed by atoms with Gasteiger partial charge in [-0.15, -0.1) is 5.10 Å². The number of methoxy groups -OCH3 is 1. The molecule has 1 aliphatic rings. The zero-order valence-corrected chi connectivity index (χ0v) is 13.4. The van der Waals surface area contributed by atoms with E-state index in [1.54, 1.807) is 24.1 Å². The van der Waals surface area contributed by atoms with Gasteiger partial charge in [0.25, 0.3) is 0 Å². The topological polar surface area (TPSA) is 91.8 Å². The maximum atomic E-state index is 5.39. The molecule has 8 nitrogen and oxygen atoms in total. The summed E-state index contributed by atoms with van der Waals surface area (Å²) in [7, 11) is 1.59. The molecule has 0 saturated heterocycles. The fourth-order valence-corrected chi connectivity index (χ4v) is 2.98. The second-order valence-corrected chi connectivity index (χ2v) is 5.92. The third kappa shape index (κ3) is 2.99. The van der Waals surface area contributed by atoms with Gasteiger partial charge in [0, 0.05) is 23.7 Å². The molecular formula is C16H18N6O2. The fourth-order valence-electron chi connectivity index (χ4n) is 2.98. The lowest BCUT2D eigenvalue weighted by atomic mass is 10.1. The highest BCUT2D eigenvalue weighted by Crippen LogP contribution is 2.32. The number of pyridine rings is 1. The fraction of sp³-hybridized carbons (Fsp3) is 0.438. The Morgan fingerprint density at radius 1 is 1.29 bits per heavy atom. The molecule has 24 heavy (non-hydrogen) atoms. The molecule has 1 saturated carbocycles. The Kier molecular flexibility index (Phi) is 3.94. The Labute approximate surface area is 138 Å². The summed E-state index contributed by atoms with van der Waals surface area (Å²) in [6.07, 6.45) is 8.31. The minimum absolute atomic E-state index is 0.419. The van der Waals surface area contributed by atoms with Crippen LogP contribution in [0.3, 0.4) is 0 Å². The number of ether oxygens (including phenoxy) is 1. The molecule has 4 rings (SSSR count). The molecule has 0 aromatic carbocycles. The first kappa shape index (κ1) is 14.8. The molecule has 1 fully saturated rings. The molecule has 8 heteroatoms. The van der Waals surface area contributed by atoms with Crippen LogP contribution in [0.25, 0.3) is 11.3 Å². The van der Waals surface area contributed by atoms with Crippen LogP contribution in [0, 0.1) is 0 Å². The summed E-state index contributed by atoms with van der Waals surface area (Å²) < 4.78 is 12.1. The molecule has 0 amide bonds. The van der Waals surface area contributed by atoms with Crippen molar-refractivity contribution >= 4 is 0 Å². The van der Waals surface area contributed by atoms with Crippen molar-refractivity contribution in [2.45, 2.75) is 38.1 Å². The van der Waals surface area contributed by atoms with Gasteiger partial charge in [-0.25, -0.2) is 9.67 Å². The third-order valence-electron chi connectivity index (χ3n) is 4.27. The first-order chi connectivity index (χ1) is 11.8. The van der Waals surface area contributed by atoms with E-state index in [-0.39, 0.29) is 0 Å². The van der Waals surface area contributed by atoms with Crippen molar-refractivity contribution < 1.29 is 9.26 Å². The number of hydrogen-bond acceptors (Lipinski definition) is 7. The Morgan fingerprint density at radius 3 is 2.92 bits per heavy atom. The van der Waals surface area contributed by atoms with Crippen molar-refractivity contribution in [1.29, 1.82) is 0 Å². The molecular weight excluding hydrogens is 308 g/mol. The van der Waals surface area contributed by atoms with Gasteiger partial charge in [0.15, 0.2) is 5.82 Å². The molecule has 0 unspecified atom stereocenters. The van der Waals surface area contributed by atoms with Crippen molar-refractivity contribution in [2.24, 2.45) is 0 Å². The molecule has 0 bridgehead atoms. The van der Waals surface area contributed by atoms with Crippen molar-refractivity contribution in [1.82, 2.24) is 30.1 Å². The van der Waals surface area contributed by atoms with Gasteiger partial charge >= 0.3 is 0 Å². The Hall–Kier alpha value is -2.77. The average molecular weight is 326 g/mol. The number of rotatable bonds is 5. The van der Waals surface area contributed by atoms with Crippen LogP contribution in [0.1, 0.15) is 43.3 Å². The van der Waals surface area contributed by atoms with Crippen molar-refractivity contribution in [3.05, 3.63) is 36.2 Å². The van der Waals surface area contributed by atoms with Gasteiger partial charge in [0.2, 0.25) is 11.8 Å². The summed E-state index contributed by atoms with van der Waals surface area (Å²) in [6, 6.07) is 3.69. The molecule has 3 aromatic rings. The molecule has 3 aromatic heterocycles. The van der Waals surface area contributed by atoms with Gasteiger partial charge in [-0.05, 0) is 18.9 Å². The number of nitrogens with zero attached hydrogens (tertiary/aromatic N) is 6. The highest BCUT2D eigenvalue weighted by atomic mass is 16.5. The quantitative estimate of drug-likeness (QED) is 0.711. The zero-order valence-electron chi connectivity index (χ0n) is 13.4. The highest BCUT2D eigenvalue weighted by Gasteiger charge is 2.23. The molecule has 0 N–H and O–H groups in total. The smallest absolute Gasteiger partial charge is 0.229 e. The zero-order chi connectivity index (χ0) is 16.4. The summed E-state index contributed by atoms with van der Waals surface area (Å²) in [5.74, 6) is 2.36. The predicted octanol–water partition coefficient (Wildman–Crippen LogP) is 2.44. The summed E-state index contributed by atoms with van der Waals surface area (Å²) in [5.41, 5.74) is 1.62. The van der Waals surface area contributed by atoms with Gasteiger partial charge in [0.05, 0.1) is 13.3 Å². The van der Waals surface area contributed by atoms with E-state index in [1.165, 1.54) is 12.8 Å². The molecule has 0 radical (unpaired) electrons. The minimum Gasteiger partial charge on any atom is -0.481 e. The second kappa shape index (κ2) is 6.38. The molecule has 124 valence electrons. The maximum Gasteiger partial charge on any atom is 0.229 e. The van der Waals surface area contributed by atoms with E-state index >= 15 is 0 Å². The Balaban J connectivity index is 1.46. The van der Waals surface area contributed by atoms with Crippen LogP contribution >= 0.6 is 0 Å². The lowest BCUT2D eigenvalue weighted by Crippen LogP contribution is -2.02. The van der Waals surface area contributed by atoms with E-state index < -0.39 is 0 Å². The minimum atomic E-state index is 0.419. The lowest BCUT2D eigenvalue weighted by molar-refractivity contribution is 0.349. The summed E-state index contributed by atoms with van der Waals surface area (Å²) in [5, 5.41) is 12.3.